The lowest BCUT2D eigenvalue weighted by Crippen LogP contribution is -2.41. The number of benzene rings is 2. The van der Waals surface area contributed by atoms with Crippen LogP contribution in [0.1, 0.15) is 18.1 Å². The number of aryl methyl sites for hydroxylation is 1. The van der Waals surface area contributed by atoms with Gasteiger partial charge in [-0.2, -0.15) is 0 Å². The molecule has 6 nitrogen and oxygen atoms in total. The first-order chi connectivity index (χ1) is 13.9. The van der Waals surface area contributed by atoms with E-state index in [9.17, 15) is 23.2 Å². The third kappa shape index (κ3) is 4.66. The van der Waals surface area contributed by atoms with E-state index < -0.39 is 35.3 Å². The second kappa shape index (κ2) is 8.64. The van der Waals surface area contributed by atoms with Crippen LogP contribution in [-0.4, -0.2) is 15.0 Å². The highest BCUT2D eigenvalue weighted by molar-refractivity contribution is 5.88. The molecule has 0 unspecified atom stereocenters. The van der Waals surface area contributed by atoms with Gasteiger partial charge in [0.25, 0.3) is 5.56 Å². The molecule has 3 rings (SSSR count). The molecule has 0 aliphatic heterocycles. The molecule has 0 aliphatic rings. The Bertz CT molecular complexity index is 1130. The molecule has 150 valence electrons. The zero-order chi connectivity index (χ0) is 21.0. The second-order valence-electron chi connectivity index (χ2n) is 6.53. The molecule has 0 fully saturated rings. The SMILES string of the molecule is CC(=O)Nc1cn(Cc2c(F)cccc2F)c(=O)n(CCc2ccccc2)c1=O. The molecule has 0 aliphatic carbocycles. The molecule has 1 N–H and O–H groups in total. The van der Waals surface area contributed by atoms with E-state index in [0.717, 1.165) is 33.0 Å². The van der Waals surface area contributed by atoms with Gasteiger partial charge < -0.3 is 5.32 Å². The number of nitrogens with one attached hydrogen (secondary N) is 1. The number of carbonyl (C=O) groups excluding carboxylic acids is 1. The summed E-state index contributed by atoms with van der Waals surface area (Å²) in [6.07, 6.45) is 1.50. The van der Waals surface area contributed by atoms with E-state index >= 15 is 0 Å². The van der Waals surface area contributed by atoms with E-state index in [1.54, 1.807) is 0 Å². The van der Waals surface area contributed by atoms with Gasteiger partial charge in [-0.3, -0.25) is 18.7 Å². The van der Waals surface area contributed by atoms with Crippen molar-refractivity contribution in [3.05, 3.63) is 98.3 Å². The molecular weight excluding hydrogens is 380 g/mol. The Kier molecular flexibility index (Phi) is 6.01. The molecule has 1 heterocycles. The number of carbonyl (C=O) groups is 1. The molecule has 0 atom stereocenters. The molecule has 2 aromatic carbocycles. The highest BCUT2D eigenvalue weighted by atomic mass is 19.1. The number of anilines is 1. The first-order valence-corrected chi connectivity index (χ1v) is 8.95. The maximum Gasteiger partial charge on any atom is 0.331 e. The zero-order valence-electron chi connectivity index (χ0n) is 15.7. The van der Waals surface area contributed by atoms with Crippen LogP contribution in [0, 0.1) is 11.6 Å². The van der Waals surface area contributed by atoms with Crippen LogP contribution in [0.15, 0.2) is 64.3 Å². The minimum atomic E-state index is -0.806. The highest BCUT2D eigenvalue weighted by Gasteiger charge is 2.16. The number of rotatable bonds is 6. The maximum absolute atomic E-state index is 14.0. The summed E-state index contributed by atoms with van der Waals surface area (Å²) in [5, 5.41) is 2.37. The van der Waals surface area contributed by atoms with Crippen LogP contribution in [0.5, 0.6) is 0 Å². The number of nitrogens with zero attached hydrogens (tertiary/aromatic N) is 2. The molecular formula is C21H19F2N3O3. The summed E-state index contributed by atoms with van der Waals surface area (Å²) in [6.45, 7) is 0.851. The van der Waals surface area contributed by atoms with Gasteiger partial charge in [-0.15, -0.1) is 0 Å². The van der Waals surface area contributed by atoms with E-state index in [-0.39, 0.29) is 17.8 Å². The number of aromatic nitrogens is 2. The monoisotopic (exact) mass is 399 g/mol. The first kappa shape index (κ1) is 20.2. The van der Waals surface area contributed by atoms with Crippen LogP contribution in [-0.2, 0) is 24.3 Å². The molecule has 0 saturated carbocycles. The van der Waals surface area contributed by atoms with E-state index in [4.69, 9.17) is 0 Å². The van der Waals surface area contributed by atoms with Crippen molar-refractivity contribution in [1.29, 1.82) is 0 Å². The van der Waals surface area contributed by atoms with Crippen molar-refractivity contribution in [2.45, 2.75) is 26.4 Å². The van der Waals surface area contributed by atoms with Gasteiger partial charge in [-0.05, 0) is 24.1 Å². The standard InChI is InChI=1S/C21H19F2N3O3/c1-14(27)24-19-13-25(12-16-17(22)8-5-9-18(16)23)21(29)26(20(19)28)11-10-15-6-3-2-4-7-15/h2-9,13H,10-12H2,1H3,(H,24,27). The zero-order valence-corrected chi connectivity index (χ0v) is 15.7. The lowest BCUT2D eigenvalue weighted by atomic mass is 10.1. The summed E-state index contributed by atoms with van der Waals surface area (Å²) in [4.78, 5) is 37.0. The van der Waals surface area contributed by atoms with Crippen molar-refractivity contribution in [3.63, 3.8) is 0 Å². The number of amides is 1. The average molecular weight is 399 g/mol. The Morgan fingerprint density at radius 3 is 2.28 bits per heavy atom. The van der Waals surface area contributed by atoms with Crippen molar-refractivity contribution < 1.29 is 13.6 Å². The first-order valence-electron chi connectivity index (χ1n) is 8.95. The summed E-state index contributed by atoms with van der Waals surface area (Å²) in [7, 11) is 0. The fraction of sp³-hybridized carbons (Fsp3) is 0.190. The highest BCUT2D eigenvalue weighted by Crippen LogP contribution is 2.13. The predicted octanol–water partition coefficient (Wildman–Crippen LogP) is 2.54. The number of hydrogen-bond donors (Lipinski definition) is 1. The van der Waals surface area contributed by atoms with Gasteiger partial charge in [0, 0.05) is 25.2 Å². The predicted molar refractivity (Wildman–Crippen MR) is 105 cm³/mol. The van der Waals surface area contributed by atoms with Crippen LogP contribution in [0.2, 0.25) is 0 Å². The van der Waals surface area contributed by atoms with Gasteiger partial charge in [0.05, 0.1) is 6.54 Å². The van der Waals surface area contributed by atoms with Gasteiger partial charge in [-0.25, -0.2) is 13.6 Å². The topological polar surface area (TPSA) is 73.1 Å². The Balaban J connectivity index is 2.04. The lowest BCUT2D eigenvalue weighted by Gasteiger charge is -2.14. The van der Waals surface area contributed by atoms with Crippen LogP contribution in [0.4, 0.5) is 14.5 Å². The molecule has 1 amide bonds. The number of halogens is 2. The third-order valence-electron chi connectivity index (χ3n) is 4.40. The summed E-state index contributed by atoms with van der Waals surface area (Å²) >= 11 is 0. The molecule has 8 heteroatoms. The number of hydrogen-bond acceptors (Lipinski definition) is 3. The van der Waals surface area contributed by atoms with Gasteiger partial charge in [0.1, 0.15) is 17.3 Å². The van der Waals surface area contributed by atoms with Gasteiger partial charge in [-0.1, -0.05) is 36.4 Å². The molecule has 1 aromatic heterocycles. The molecule has 0 bridgehead atoms. The van der Waals surface area contributed by atoms with E-state index in [0.29, 0.717) is 6.42 Å². The van der Waals surface area contributed by atoms with Crippen molar-refractivity contribution >= 4 is 11.6 Å². The second-order valence-corrected chi connectivity index (χ2v) is 6.53. The van der Waals surface area contributed by atoms with Crippen LogP contribution < -0.4 is 16.6 Å². The van der Waals surface area contributed by atoms with Crippen molar-refractivity contribution in [1.82, 2.24) is 9.13 Å². The van der Waals surface area contributed by atoms with Crippen LogP contribution >= 0.6 is 0 Å². The minimum Gasteiger partial charge on any atom is -0.321 e. The lowest BCUT2D eigenvalue weighted by molar-refractivity contribution is -0.114. The fourth-order valence-corrected chi connectivity index (χ4v) is 2.98. The Morgan fingerprint density at radius 1 is 1.00 bits per heavy atom. The molecule has 0 saturated heterocycles. The summed E-state index contributed by atoms with van der Waals surface area (Å²) in [5.41, 5.74) is -0.928. The third-order valence-corrected chi connectivity index (χ3v) is 4.40. The molecule has 3 aromatic rings. The molecule has 29 heavy (non-hydrogen) atoms. The Hall–Kier alpha value is -3.55. The Morgan fingerprint density at radius 2 is 1.66 bits per heavy atom. The van der Waals surface area contributed by atoms with Crippen LogP contribution in [0.3, 0.4) is 0 Å². The normalized spacial score (nSPS) is 10.7. The van der Waals surface area contributed by atoms with Gasteiger partial charge in [0.2, 0.25) is 5.91 Å². The fourth-order valence-electron chi connectivity index (χ4n) is 2.98. The molecule has 0 radical (unpaired) electrons. The molecule has 0 spiro atoms. The van der Waals surface area contributed by atoms with Crippen LogP contribution in [0.25, 0.3) is 0 Å². The van der Waals surface area contributed by atoms with E-state index in [1.807, 2.05) is 30.3 Å². The average Bonchev–Trinajstić information content (AvgIpc) is 2.68. The minimum absolute atomic E-state index is 0.0505. The quantitative estimate of drug-likeness (QED) is 0.692. The van der Waals surface area contributed by atoms with Gasteiger partial charge >= 0.3 is 5.69 Å². The Labute approximate surface area is 165 Å². The van der Waals surface area contributed by atoms with Crippen molar-refractivity contribution in [3.8, 4) is 0 Å². The smallest absolute Gasteiger partial charge is 0.321 e. The van der Waals surface area contributed by atoms with Gasteiger partial charge in [0.15, 0.2) is 0 Å². The van der Waals surface area contributed by atoms with Crippen molar-refractivity contribution in [2.24, 2.45) is 0 Å². The van der Waals surface area contributed by atoms with Crippen molar-refractivity contribution in [2.75, 3.05) is 5.32 Å². The summed E-state index contributed by atoms with van der Waals surface area (Å²) in [6, 6.07) is 12.6. The largest absolute Gasteiger partial charge is 0.331 e. The summed E-state index contributed by atoms with van der Waals surface area (Å²) in [5.74, 6) is -2.11. The summed E-state index contributed by atoms with van der Waals surface area (Å²) < 4.78 is 30.0. The maximum atomic E-state index is 14.0. The van der Waals surface area contributed by atoms with E-state index in [2.05, 4.69) is 5.32 Å². The van der Waals surface area contributed by atoms with E-state index in [1.165, 1.54) is 13.0 Å².